The summed E-state index contributed by atoms with van der Waals surface area (Å²) in [6.45, 7) is 0. The van der Waals surface area contributed by atoms with E-state index in [0.717, 1.165) is 16.0 Å². The van der Waals surface area contributed by atoms with Crippen molar-refractivity contribution in [2.45, 2.75) is 12.8 Å². The van der Waals surface area contributed by atoms with Crippen LogP contribution in [-0.4, -0.2) is 25.1 Å². The van der Waals surface area contributed by atoms with Crippen LogP contribution in [-0.2, 0) is 11.2 Å². The van der Waals surface area contributed by atoms with Gasteiger partial charge in [0.15, 0.2) is 16.6 Å². The van der Waals surface area contributed by atoms with E-state index in [1.807, 2.05) is 18.2 Å². The quantitative estimate of drug-likeness (QED) is 0.748. The lowest BCUT2D eigenvalue weighted by Crippen LogP contribution is -2.11. The van der Waals surface area contributed by atoms with Crippen LogP contribution in [0.1, 0.15) is 12.2 Å². The zero-order valence-corrected chi connectivity index (χ0v) is 13.6. The first-order chi connectivity index (χ1) is 11.2. The van der Waals surface area contributed by atoms with Gasteiger partial charge >= 0.3 is 0 Å². The van der Waals surface area contributed by atoms with Gasteiger partial charge in [-0.05, 0) is 12.1 Å². The molecule has 2 aromatic heterocycles. The Hall–Kier alpha value is -2.54. The van der Waals surface area contributed by atoms with E-state index in [1.165, 1.54) is 11.3 Å². The van der Waals surface area contributed by atoms with Gasteiger partial charge in [0.2, 0.25) is 5.91 Å². The molecule has 120 valence electrons. The maximum Gasteiger partial charge on any atom is 0.226 e. The summed E-state index contributed by atoms with van der Waals surface area (Å²) in [5.41, 5.74) is 0.758. The summed E-state index contributed by atoms with van der Waals surface area (Å²) in [5.74, 6) is 1.94. The molecule has 0 atom stereocenters. The number of thiazole rings is 1. The zero-order valence-electron chi connectivity index (χ0n) is 12.8. The van der Waals surface area contributed by atoms with Crippen LogP contribution < -0.4 is 14.8 Å². The van der Waals surface area contributed by atoms with Crippen molar-refractivity contribution in [3.63, 3.8) is 0 Å². The number of benzene rings is 1. The van der Waals surface area contributed by atoms with Crippen LogP contribution >= 0.6 is 11.3 Å². The lowest BCUT2D eigenvalue weighted by atomic mass is 10.2. The van der Waals surface area contributed by atoms with Crippen molar-refractivity contribution < 1.29 is 18.7 Å². The summed E-state index contributed by atoms with van der Waals surface area (Å²) < 4.78 is 16.7. The van der Waals surface area contributed by atoms with E-state index < -0.39 is 0 Å². The number of ether oxygens (including phenoxy) is 2. The van der Waals surface area contributed by atoms with Gasteiger partial charge in [0.1, 0.15) is 5.76 Å². The molecule has 0 saturated carbocycles. The number of anilines is 1. The van der Waals surface area contributed by atoms with Crippen molar-refractivity contribution in [2.24, 2.45) is 0 Å². The van der Waals surface area contributed by atoms with Gasteiger partial charge in [-0.15, -0.1) is 0 Å². The number of hydrogen-bond donors (Lipinski definition) is 1. The predicted molar refractivity (Wildman–Crippen MR) is 88.4 cm³/mol. The van der Waals surface area contributed by atoms with E-state index in [1.54, 1.807) is 26.5 Å². The van der Waals surface area contributed by atoms with Crippen molar-refractivity contribution in [3.8, 4) is 11.5 Å². The Morgan fingerprint density at radius 3 is 2.78 bits per heavy atom. The molecule has 3 aromatic rings. The highest BCUT2D eigenvalue weighted by atomic mass is 32.1. The van der Waals surface area contributed by atoms with Crippen LogP contribution in [0.3, 0.4) is 0 Å². The van der Waals surface area contributed by atoms with E-state index in [4.69, 9.17) is 13.9 Å². The number of aromatic nitrogens is 1. The number of rotatable bonds is 6. The highest BCUT2D eigenvalue weighted by Crippen LogP contribution is 2.36. The molecule has 0 unspecified atom stereocenters. The van der Waals surface area contributed by atoms with Crippen molar-refractivity contribution in [3.05, 3.63) is 36.3 Å². The van der Waals surface area contributed by atoms with Crippen LogP contribution in [0, 0.1) is 0 Å². The molecule has 0 fully saturated rings. The van der Waals surface area contributed by atoms with Gasteiger partial charge in [-0.3, -0.25) is 4.79 Å². The molecule has 0 bridgehead atoms. The monoisotopic (exact) mass is 332 g/mol. The lowest BCUT2D eigenvalue weighted by Gasteiger charge is -2.05. The average molecular weight is 332 g/mol. The number of nitrogens with one attached hydrogen (secondary N) is 1. The Balaban J connectivity index is 1.71. The zero-order chi connectivity index (χ0) is 16.2. The maximum absolute atomic E-state index is 12.0. The number of carbonyl (C=O) groups is 1. The van der Waals surface area contributed by atoms with Crippen LogP contribution in [0.4, 0.5) is 5.13 Å². The average Bonchev–Trinajstić information content (AvgIpc) is 3.20. The molecule has 1 aromatic carbocycles. The van der Waals surface area contributed by atoms with Gasteiger partial charge in [-0.1, -0.05) is 11.3 Å². The fourth-order valence-corrected chi connectivity index (χ4v) is 3.07. The smallest absolute Gasteiger partial charge is 0.226 e. The summed E-state index contributed by atoms with van der Waals surface area (Å²) >= 11 is 1.40. The molecule has 7 heteroatoms. The van der Waals surface area contributed by atoms with E-state index in [9.17, 15) is 4.79 Å². The summed E-state index contributed by atoms with van der Waals surface area (Å²) in [6, 6.07) is 7.30. The molecule has 0 aliphatic heterocycles. The minimum Gasteiger partial charge on any atom is -0.493 e. The fourth-order valence-electron chi connectivity index (χ4n) is 2.18. The van der Waals surface area contributed by atoms with Gasteiger partial charge < -0.3 is 19.2 Å². The normalized spacial score (nSPS) is 10.7. The van der Waals surface area contributed by atoms with E-state index in [0.29, 0.717) is 29.5 Å². The molecule has 0 radical (unpaired) electrons. The molecule has 1 N–H and O–H groups in total. The second-order valence-corrected chi connectivity index (χ2v) is 5.85. The molecule has 0 spiro atoms. The number of hydrogen-bond acceptors (Lipinski definition) is 6. The SMILES string of the molecule is COc1cc2nc(NC(=O)CCc3ccco3)sc2cc1OC. The van der Waals surface area contributed by atoms with E-state index in [-0.39, 0.29) is 5.91 Å². The summed E-state index contributed by atoms with van der Waals surface area (Å²) in [5, 5.41) is 3.37. The third-order valence-electron chi connectivity index (χ3n) is 3.32. The second-order valence-electron chi connectivity index (χ2n) is 4.82. The Morgan fingerprint density at radius 2 is 2.09 bits per heavy atom. The number of methoxy groups -OCH3 is 2. The molecule has 0 aliphatic carbocycles. The molecule has 2 heterocycles. The first-order valence-corrected chi connectivity index (χ1v) is 7.86. The van der Waals surface area contributed by atoms with Crippen LogP contribution in [0.25, 0.3) is 10.2 Å². The van der Waals surface area contributed by atoms with Crippen LogP contribution in [0.5, 0.6) is 11.5 Å². The van der Waals surface area contributed by atoms with Crippen molar-refractivity contribution in [1.82, 2.24) is 4.98 Å². The highest BCUT2D eigenvalue weighted by Gasteiger charge is 2.12. The standard InChI is InChI=1S/C16H16N2O4S/c1-20-12-8-11-14(9-13(12)21-2)23-16(17-11)18-15(19)6-5-10-4-3-7-22-10/h3-4,7-9H,5-6H2,1-2H3,(H,17,18,19). The van der Waals surface area contributed by atoms with Crippen LogP contribution in [0.2, 0.25) is 0 Å². The number of nitrogens with zero attached hydrogens (tertiary/aromatic N) is 1. The topological polar surface area (TPSA) is 73.6 Å². The minimum absolute atomic E-state index is 0.0978. The van der Waals surface area contributed by atoms with Gasteiger partial charge in [0.25, 0.3) is 0 Å². The second kappa shape index (κ2) is 6.70. The molecular formula is C16H16N2O4S. The van der Waals surface area contributed by atoms with Gasteiger partial charge in [0, 0.05) is 25.0 Å². The first-order valence-electron chi connectivity index (χ1n) is 7.04. The summed E-state index contributed by atoms with van der Waals surface area (Å²) in [4.78, 5) is 16.4. The fraction of sp³-hybridized carbons (Fsp3) is 0.250. The van der Waals surface area contributed by atoms with Crippen molar-refractivity contribution in [1.29, 1.82) is 0 Å². The number of aryl methyl sites for hydroxylation is 1. The largest absolute Gasteiger partial charge is 0.493 e. The molecule has 1 amide bonds. The van der Waals surface area contributed by atoms with Gasteiger partial charge in [-0.25, -0.2) is 4.98 Å². The molecule has 23 heavy (non-hydrogen) atoms. The summed E-state index contributed by atoms with van der Waals surface area (Å²) in [7, 11) is 3.16. The van der Waals surface area contributed by atoms with Gasteiger partial charge in [0.05, 0.1) is 30.7 Å². The minimum atomic E-state index is -0.0978. The van der Waals surface area contributed by atoms with E-state index in [2.05, 4.69) is 10.3 Å². The van der Waals surface area contributed by atoms with E-state index >= 15 is 0 Å². The van der Waals surface area contributed by atoms with Gasteiger partial charge in [-0.2, -0.15) is 0 Å². The first kappa shape index (κ1) is 15.4. The number of amides is 1. The van der Waals surface area contributed by atoms with Crippen LogP contribution in [0.15, 0.2) is 34.9 Å². The third kappa shape index (κ3) is 3.45. The maximum atomic E-state index is 12.0. The highest BCUT2D eigenvalue weighted by molar-refractivity contribution is 7.22. The Labute approximate surface area is 137 Å². The third-order valence-corrected chi connectivity index (χ3v) is 4.25. The Bertz CT molecular complexity index is 770. The molecule has 3 rings (SSSR count). The lowest BCUT2D eigenvalue weighted by molar-refractivity contribution is -0.116. The predicted octanol–water partition coefficient (Wildman–Crippen LogP) is 3.48. The molecular weight excluding hydrogens is 316 g/mol. The summed E-state index contributed by atoms with van der Waals surface area (Å²) in [6.07, 6.45) is 2.50. The van der Waals surface area contributed by atoms with Crippen molar-refractivity contribution in [2.75, 3.05) is 19.5 Å². The Morgan fingerprint density at radius 1 is 1.30 bits per heavy atom. The number of carbonyl (C=O) groups excluding carboxylic acids is 1. The molecule has 0 saturated heterocycles. The number of furan rings is 1. The Kier molecular flexibility index (Phi) is 4.47. The molecule has 6 nitrogen and oxygen atoms in total. The van der Waals surface area contributed by atoms with Crippen molar-refractivity contribution >= 4 is 32.6 Å². The molecule has 0 aliphatic rings. The number of fused-ring (bicyclic) bond motifs is 1.